The van der Waals surface area contributed by atoms with Crippen LogP contribution in [0.15, 0.2) is 18.7 Å². The van der Waals surface area contributed by atoms with Crippen LogP contribution in [0, 0.1) is 0 Å². The molecule has 0 radical (unpaired) electrons. The minimum Gasteiger partial charge on any atom is -0.368 e. The molecule has 0 aliphatic heterocycles. The third-order valence-corrected chi connectivity index (χ3v) is 3.41. The summed E-state index contributed by atoms with van der Waals surface area (Å²) in [5.74, 6) is 0.540. The number of sulfone groups is 1. The Morgan fingerprint density at radius 3 is 2.75 bits per heavy atom. The molecule has 9 nitrogen and oxygen atoms in total. The van der Waals surface area contributed by atoms with E-state index in [0.717, 1.165) is 0 Å². The van der Waals surface area contributed by atoms with Crippen molar-refractivity contribution < 1.29 is 8.42 Å². The van der Waals surface area contributed by atoms with E-state index in [1.54, 1.807) is 23.9 Å². The molecule has 3 N–H and O–H groups in total. The predicted molar refractivity (Wildman–Crippen MR) is 74.2 cm³/mol. The fraction of sp³-hybridized carbons (Fsp3) is 0.400. The van der Waals surface area contributed by atoms with E-state index in [2.05, 4.69) is 25.3 Å². The van der Waals surface area contributed by atoms with Gasteiger partial charge in [-0.2, -0.15) is 15.0 Å². The Balaban J connectivity index is 2.21. The highest BCUT2D eigenvalue weighted by molar-refractivity contribution is 7.90. The van der Waals surface area contributed by atoms with Crippen LogP contribution >= 0.6 is 0 Å². The summed E-state index contributed by atoms with van der Waals surface area (Å²) in [5, 5.41) is 2.89. The average Bonchev–Trinajstić information content (AvgIpc) is 2.78. The van der Waals surface area contributed by atoms with Gasteiger partial charge in [0.15, 0.2) is 0 Å². The summed E-state index contributed by atoms with van der Waals surface area (Å²) < 4.78 is 24.0. The van der Waals surface area contributed by atoms with Crippen LogP contribution in [0.4, 0.5) is 11.9 Å². The van der Waals surface area contributed by atoms with Crippen molar-refractivity contribution in [1.29, 1.82) is 0 Å². The molecule has 0 aromatic carbocycles. The first kappa shape index (κ1) is 14.2. The smallest absolute Gasteiger partial charge is 0.241 e. The van der Waals surface area contributed by atoms with Crippen LogP contribution in [-0.2, 0) is 9.84 Å². The molecule has 0 spiro atoms. The Hall–Kier alpha value is -2.23. The number of hydrogen-bond acceptors (Lipinski definition) is 8. The van der Waals surface area contributed by atoms with Gasteiger partial charge in [0.1, 0.15) is 16.2 Å². The third kappa shape index (κ3) is 3.88. The van der Waals surface area contributed by atoms with Crippen molar-refractivity contribution in [3.05, 3.63) is 18.7 Å². The first-order valence-corrected chi connectivity index (χ1v) is 7.84. The lowest BCUT2D eigenvalue weighted by atomic mass is 10.4. The van der Waals surface area contributed by atoms with E-state index in [9.17, 15) is 8.42 Å². The maximum atomic E-state index is 11.2. The second-order valence-electron chi connectivity index (χ2n) is 4.42. The highest BCUT2D eigenvalue weighted by Gasteiger charge is 2.13. The minimum atomic E-state index is -3.09. The van der Waals surface area contributed by atoms with Gasteiger partial charge in [0.25, 0.3) is 0 Å². The Labute approximate surface area is 116 Å². The molecule has 0 bridgehead atoms. The standard InChI is InChI=1S/C10H15N7O2S/c1-7(5-20(2,18)19)13-9-14-8(11)15-10(16-9)17-4-3-12-6-17/h3-4,6-7H,5H2,1-2H3,(H3,11,13,14,15,16). The molecule has 0 saturated heterocycles. The molecule has 0 aliphatic carbocycles. The molecular formula is C10H15N7O2S. The zero-order valence-electron chi connectivity index (χ0n) is 11.1. The van der Waals surface area contributed by atoms with Crippen LogP contribution in [0.25, 0.3) is 5.95 Å². The third-order valence-electron chi connectivity index (χ3n) is 2.30. The maximum absolute atomic E-state index is 11.2. The van der Waals surface area contributed by atoms with Gasteiger partial charge >= 0.3 is 0 Å². The van der Waals surface area contributed by atoms with E-state index in [-0.39, 0.29) is 23.7 Å². The van der Waals surface area contributed by atoms with Crippen molar-refractivity contribution in [2.75, 3.05) is 23.1 Å². The van der Waals surface area contributed by atoms with E-state index in [0.29, 0.717) is 5.95 Å². The Kier molecular flexibility index (Phi) is 3.84. The lowest BCUT2D eigenvalue weighted by Gasteiger charge is -2.13. The van der Waals surface area contributed by atoms with Gasteiger partial charge in [-0.15, -0.1) is 0 Å². The molecule has 2 aromatic heterocycles. The van der Waals surface area contributed by atoms with Gasteiger partial charge in [-0.3, -0.25) is 4.57 Å². The Morgan fingerprint density at radius 1 is 1.40 bits per heavy atom. The summed E-state index contributed by atoms with van der Waals surface area (Å²) in [4.78, 5) is 16.0. The molecule has 0 aliphatic rings. The van der Waals surface area contributed by atoms with Crippen LogP contribution in [0.1, 0.15) is 6.92 Å². The predicted octanol–water partition coefficient (Wildman–Crippen LogP) is -0.515. The quantitative estimate of drug-likeness (QED) is 0.754. The average molecular weight is 297 g/mol. The second kappa shape index (κ2) is 5.41. The topological polar surface area (TPSA) is 129 Å². The first-order valence-electron chi connectivity index (χ1n) is 5.77. The summed E-state index contributed by atoms with van der Waals surface area (Å²) in [6.45, 7) is 1.72. The molecular weight excluding hydrogens is 282 g/mol. The zero-order chi connectivity index (χ0) is 14.8. The van der Waals surface area contributed by atoms with E-state index >= 15 is 0 Å². The van der Waals surface area contributed by atoms with Crippen LogP contribution in [0.5, 0.6) is 0 Å². The molecule has 1 atom stereocenters. The largest absolute Gasteiger partial charge is 0.368 e. The van der Waals surface area contributed by atoms with Crippen LogP contribution in [0.3, 0.4) is 0 Å². The molecule has 2 rings (SSSR count). The molecule has 2 heterocycles. The van der Waals surface area contributed by atoms with Crippen molar-refractivity contribution in [2.24, 2.45) is 0 Å². The minimum absolute atomic E-state index is 0.0288. The van der Waals surface area contributed by atoms with Gasteiger partial charge in [-0.25, -0.2) is 13.4 Å². The number of nitrogen functional groups attached to an aromatic ring is 1. The number of rotatable bonds is 5. The molecule has 0 saturated carbocycles. The van der Waals surface area contributed by atoms with Crippen molar-refractivity contribution in [3.8, 4) is 5.95 Å². The van der Waals surface area contributed by atoms with Crippen LogP contribution in [0.2, 0.25) is 0 Å². The summed E-state index contributed by atoms with van der Waals surface area (Å²) in [6.07, 6.45) is 5.94. The molecule has 1 unspecified atom stereocenters. The second-order valence-corrected chi connectivity index (χ2v) is 6.61. The lowest BCUT2D eigenvalue weighted by molar-refractivity contribution is 0.597. The van der Waals surface area contributed by atoms with Gasteiger partial charge in [0.05, 0.1) is 5.75 Å². The van der Waals surface area contributed by atoms with Gasteiger partial charge in [0.2, 0.25) is 17.8 Å². The molecule has 108 valence electrons. The Bertz CT molecular complexity index is 684. The Morgan fingerprint density at radius 2 is 2.15 bits per heavy atom. The normalized spacial score (nSPS) is 13.1. The number of nitrogens with zero attached hydrogens (tertiary/aromatic N) is 5. The van der Waals surface area contributed by atoms with Crippen LogP contribution < -0.4 is 11.1 Å². The van der Waals surface area contributed by atoms with Gasteiger partial charge in [-0.1, -0.05) is 0 Å². The maximum Gasteiger partial charge on any atom is 0.241 e. The number of hydrogen-bond donors (Lipinski definition) is 2. The summed E-state index contributed by atoms with van der Waals surface area (Å²) in [5.41, 5.74) is 5.61. The highest BCUT2D eigenvalue weighted by atomic mass is 32.2. The van der Waals surface area contributed by atoms with Crippen molar-refractivity contribution in [2.45, 2.75) is 13.0 Å². The summed E-state index contributed by atoms with van der Waals surface area (Å²) in [7, 11) is -3.09. The fourth-order valence-electron chi connectivity index (χ4n) is 1.65. The first-order chi connectivity index (χ1) is 9.33. The molecule has 0 fully saturated rings. The van der Waals surface area contributed by atoms with Crippen molar-refractivity contribution >= 4 is 21.7 Å². The van der Waals surface area contributed by atoms with Crippen molar-refractivity contribution in [1.82, 2.24) is 24.5 Å². The number of nitrogens with two attached hydrogens (primary N) is 1. The van der Waals surface area contributed by atoms with Crippen molar-refractivity contribution in [3.63, 3.8) is 0 Å². The number of nitrogens with one attached hydrogen (secondary N) is 1. The number of anilines is 2. The van der Waals surface area contributed by atoms with E-state index in [1.165, 1.54) is 12.6 Å². The van der Waals surface area contributed by atoms with E-state index in [1.807, 2.05) is 0 Å². The van der Waals surface area contributed by atoms with E-state index < -0.39 is 9.84 Å². The summed E-state index contributed by atoms with van der Waals surface area (Å²) >= 11 is 0. The van der Waals surface area contributed by atoms with Crippen LogP contribution in [-0.4, -0.2) is 51.0 Å². The molecule has 10 heteroatoms. The molecule has 20 heavy (non-hydrogen) atoms. The number of aromatic nitrogens is 5. The van der Waals surface area contributed by atoms with Gasteiger partial charge in [0, 0.05) is 24.7 Å². The van der Waals surface area contributed by atoms with E-state index in [4.69, 9.17) is 5.73 Å². The fourth-order valence-corrected chi connectivity index (χ4v) is 2.65. The van der Waals surface area contributed by atoms with Gasteiger partial charge in [-0.05, 0) is 6.92 Å². The molecule has 0 amide bonds. The number of imidazole rings is 1. The molecule has 2 aromatic rings. The monoisotopic (exact) mass is 297 g/mol. The SMILES string of the molecule is CC(CS(C)(=O)=O)Nc1nc(N)nc(-n2ccnc2)n1. The zero-order valence-corrected chi connectivity index (χ0v) is 11.9. The lowest BCUT2D eigenvalue weighted by Crippen LogP contribution is -2.26. The summed E-state index contributed by atoms with van der Waals surface area (Å²) in [6, 6.07) is -0.345. The highest BCUT2D eigenvalue weighted by Crippen LogP contribution is 2.08. The van der Waals surface area contributed by atoms with Gasteiger partial charge < -0.3 is 11.1 Å².